The molecule has 4 heterocycles. The zero-order valence-electron chi connectivity index (χ0n) is 15.6. The Labute approximate surface area is 169 Å². The summed E-state index contributed by atoms with van der Waals surface area (Å²) in [5, 5.41) is 19.6. The molecule has 5 aromatic rings. The van der Waals surface area contributed by atoms with Crippen molar-refractivity contribution in [3.05, 3.63) is 47.4 Å². The zero-order valence-corrected chi connectivity index (χ0v) is 16.4. The van der Waals surface area contributed by atoms with Crippen LogP contribution in [0.4, 0.5) is 17.7 Å². The summed E-state index contributed by atoms with van der Waals surface area (Å²) in [5.41, 5.74) is 4.19. The van der Waals surface area contributed by atoms with Crippen LogP contribution in [-0.2, 0) is 7.05 Å². The summed E-state index contributed by atoms with van der Waals surface area (Å²) in [6, 6.07) is 9.92. The molecule has 3 N–H and O–H groups in total. The number of nitrogens with one attached hydrogen (secondary N) is 2. The topological polar surface area (TPSA) is 106 Å². The number of aromatic nitrogens is 6. The number of imidazole rings is 2. The van der Waals surface area contributed by atoms with E-state index in [9.17, 15) is 5.11 Å². The first-order valence-electron chi connectivity index (χ1n) is 9.05. The van der Waals surface area contributed by atoms with Gasteiger partial charge in [0.2, 0.25) is 11.9 Å². The molecule has 146 valence electrons. The number of rotatable bonds is 6. The molecule has 0 atom stereocenters. The number of para-hydroxylation sites is 2. The van der Waals surface area contributed by atoms with Crippen LogP contribution in [0.1, 0.15) is 0 Å². The van der Waals surface area contributed by atoms with Gasteiger partial charge in [0.1, 0.15) is 6.33 Å². The van der Waals surface area contributed by atoms with Crippen LogP contribution in [0, 0.1) is 0 Å². The Balaban J connectivity index is 1.62. The van der Waals surface area contributed by atoms with Crippen molar-refractivity contribution >= 4 is 51.2 Å². The van der Waals surface area contributed by atoms with Crippen molar-refractivity contribution in [1.82, 2.24) is 29.1 Å². The minimum atomic E-state index is -0.00967. The Bertz CT molecular complexity index is 1290. The fourth-order valence-electron chi connectivity index (χ4n) is 3.19. The number of hydrogen-bond acceptors (Lipinski definition) is 8. The van der Waals surface area contributed by atoms with Gasteiger partial charge in [-0.2, -0.15) is 21.3 Å². The number of benzene rings is 1. The summed E-state index contributed by atoms with van der Waals surface area (Å²) in [4.78, 5) is 18.4. The van der Waals surface area contributed by atoms with Crippen molar-refractivity contribution in [2.75, 3.05) is 23.8 Å². The van der Waals surface area contributed by atoms with E-state index in [1.165, 1.54) is 0 Å². The van der Waals surface area contributed by atoms with Crippen LogP contribution in [-0.4, -0.2) is 47.3 Å². The fourth-order valence-corrected chi connectivity index (χ4v) is 3.82. The van der Waals surface area contributed by atoms with E-state index in [0.29, 0.717) is 35.4 Å². The molecule has 0 saturated carbocycles. The molecule has 0 unspecified atom stereocenters. The summed E-state index contributed by atoms with van der Waals surface area (Å²) in [6.07, 6.45) is 1.73. The van der Waals surface area contributed by atoms with Crippen molar-refractivity contribution in [2.24, 2.45) is 7.05 Å². The lowest BCUT2D eigenvalue weighted by molar-refractivity contribution is 0.311. The van der Waals surface area contributed by atoms with Crippen LogP contribution in [0.15, 0.2) is 47.4 Å². The number of aliphatic hydroxyl groups excluding tert-OH is 1. The van der Waals surface area contributed by atoms with E-state index in [2.05, 4.69) is 25.6 Å². The van der Waals surface area contributed by atoms with E-state index < -0.39 is 0 Å². The predicted octanol–water partition coefficient (Wildman–Crippen LogP) is 2.91. The van der Waals surface area contributed by atoms with Gasteiger partial charge in [-0.25, -0.2) is 9.97 Å². The molecule has 0 fully saturated rings. The number of aliphatic hydroxyl groups is 1. The normalized spacial score (nSPS) is 11.4. The van der Waals surface area contributed by atoms with Crippen molar-refractivity contribution < 1.29 is 5.11 Å². The first kappa shape index (κ1) is 17.6. The van der Waals surface area contributed by atoms with Crippen LogP contribution in [0.25, 0.3) is 27.9 Å². The van der Waals surface area contributed by atoms with Gasteiger partial charge in [-0.05, 0) is 23.6 Å². The first-order valence-corrected chi connectivity index (χ1v) is 10.00. The smallest absolute Gasteiger partial charge is 0.233 e. The fraction of sp³-hybridized carbons (Fsp3) is 0.158. The third kappa shape index (κ3) is 3.08. The third-order valence-corrected chi connectivity index (χ3v) is 5.27. The third-order valence-electron chi connectivity index (χ3n) is 4.60. The maximum absolute atomic E-state index is 9.22. The highest BCUT2D eigenvalue weighted by Crippen LogP contribution is 2.26. The maximum Gasteiger partial charge on any atom is 0.233 e. The standard InChI is InChI=1S/C19H18N8OS/c1-26-14-5-3-2-4-13(14)22-19(26)25-18-23-16(20-7-8-28)15-17(24-18)27(11-21-15)12-6-9-29-10-12/h2-6,9-11,28H,7-8H2,1H3,(H2,20,22,23,24,25). The van der Waals surface area contributed by atoms with Crippen LogP contribution in [0.2, 0.25) is 0 Å². The Morgan fingerprint density at radius 1 is 1.14 bits per heavy atom. The SMILES string of the molecule is Cn1c(Nc2nc(NCCO)c3ncn(-c4ccsc4)c3n2)nc2ccccc21. The number of aryl methyl sites for hydroxylation is 1. The second-order valence-corrected chi connectivity index (χ2v) is 7.20. The van der Waals surface area contributed by atoms with Gasteiger partial charge in [0.25, 0.3) is 0 Å². The van der Waals surface area contributed by atoms with Gasteiger partial charge in [-0.15, -0.1) is 0 Å². The summed E-state index contributed by atoms with van der Waals surface area (Å²) >= 11 is 1.61. The predicted molar refractivity (Wildman–Crippen MR) is 114 cm³/mol. The van der Waals surface area contributed by atoms with Crippen molar-refractivity contribution in [2.45, 2.75) is 0 Å². The monoisotopic (exact) mass is 406 g/mol. The molecular weight excluding hydrogens is 388 g/mol. The van der Waals surface area contributed by atoms with Crippen molar-refractivity contribution in [1.29, 1.82) is 0 Å². The lowest BCUT2D eigenvalue weighted by Crippen LogP contribution is -2.10. The largest absolute Gasteiger partial charge is 0.395 e. The van der Waals surface area contributed by atoms with E-state index in [-0.39, 0.29) is 6.61 Å². The van der Waals surface area contributed by atoms with Gasteiger partial charge in [-0.3, -0.25) is 9.88 Å². The van der Waals surface area contributed by atoms with E-state index in [1.54, 1.807) is 17.7 Å². The number of nitrogens with zero attached hydrogens (tertiary/aromatic N) is 6. The molecule has 0 spiro atoms. The molecule has 1 aromatic carbocycles. The van der Waals surface area contributed by atoms with E-state index in [0.717, 1.165) is 16.7 Å². The molecule has 29 heavy (non-hydrogen) atoms. The zero-order chi connectivity index (χ0) is 19.8. The average Bonchev–Trinajstić information content (AvgIpc) is 3.46. The van der Waals surface area contributed by atoms with E-state index >= 15 is 0 Å². The van der Waals surface area contributed by atoms with Gasteiger partial charge < -0.3 is 15.0 Å². The van der Waals surface area contributed by atoms with Crippen LogP contribution in [0.3, 0.4) is 0 Å². The number of anilines is 3. The number of fused-ring (bicyclic) bond motifs is 2. The second kappa shape index (κ2) is 7.15. The summed E-state index contributed by atoms with van der Waals surface area (Å²) in [6.45, 7) is 0.355. The minimum absolute atomic E-state index is 0.00967. The van der Waals surface area contributed by atoms with Crippen LogP contribution in [0.5, 0.6) is 0 Å². The number of hydrogen-bond donors (Lipinski definition) is 3. The Morgan fingerprint density at radius 3 is 2.83 bits per heavy atom. The summed E-state index contributed by atoms with van der Waals surface area (Å²) in [7, 11) is 1.94. The molecule has 0 aliphatic rings. The van der Waals surface area contributed by atoms with Crippen molar-refractivity contribution in [3.63, 3.8) is 0 Å². The van der Waals surface area contributed by atoms with Gasteiger partial charge >= 0.3 is 0 Å². The van der Waals surface area contributed by atoms with Gasteiger partial charge in [-0.1, -0.05) is 12.1 Å². The maximum atomic E-state index is 9.22. The summed E-state index contributed by atoms with van der Waals surface area (Å²) < 4.78 is 3.87. The van der Waals surface area contributed by atoms with E-state index in [1.807, 2.05) is 57.3 Å². The van der Waals surface area contributed by atoms with E-state index in [4.69, 9.17) is 4.98 Å². The molecule has 0 radical (unpaired) electrons. The molecule has 5 rings (SSSR count). The molecule has 4 aromatic heterocycles. The molecule has 0 amide bonds. The average molecular weight is 406 g/mol. The minimum Gasteiger partial charge on any atom is -0.395 e. The summed E-state index contributed by atoms with van der Waals surface area (Å²) in [5.74, 6) is 1.59. The molecule has 0 saturated heterocycles. The molecule has 0 aliphatic carbocycles. The Morgan fingerprint density at radius 2 is 2.03 bits per heavy atom. The van der Waals surface area contributed by atoms with Crippen molar-refractivity contribution in [3.8, 4) is 5.69 Å². The lowest BCUT2D eigenvalue weighted by atomic mass is 10.3. The van der Waals surface area contributed by atoms with Gasteiger partial charge in [0, 0.05) is 19.0 Å². The van der Waals surface area contributed by atoms with Gasteiger partial charge in [0.05, 0.1) is 23.3 Å². The van der Waals surface area contributed by atoms with Gasteiger partial charge in [0.15, 0.2) is 17.0 Å². The number of thiophene rings is 1. The molecule has 10 heteroatoms. The highest BCUT2D eigenvalue weighted by molar-refractivity contribution is 7.08. The quantitative estimate of drug-likeness (QED) is 0.398. The first-order chi connectivity index (χ1) is 14.2. The molecule has 9 nitrogen and oxygen atoms in total. The lowest BCUT2D eigenvalue weighted by Gasteiger charge is -2.10. The molecule has 0 bridgehead atoms. The van der Waals surface area contributed by atoms with Crippen LogP contribution >= 0.6 is 11.3 Å². The molecule has 0 aliphatic heterocycles. The second-order valence-electron chi connectivity index (χ2n) is 6.42. The van der Waals surface area contributed by atoms with Crippen LogP contribution < -0.4 is 10.6 Å². The highest BCUT2D eigenvalue weighted by atomic mass is 32.1. The Kier molecular flexibility index (Phi) is 4.34. The molecular formula is C19H18N8OS. The Hall–Kier alpha value is -3.50. The highest BCUT2D eigenvalue weighted by Gasteiger charge is 2.16.